The van der Waals surface area contributed by atoms with Gasteiger partial charge in [0.2, 0.25) is 0 Å². The van der Waals surface area contributed by atoms with Crippen molar-refractivity contribution < 1.29 is 9.84 Å². The van der Waals surface area contributed by atoms with Crippen molar-refractivity contribution in [2.45, 2.75) is 13.0 Å². The Balaban J connectivity index is 2.26. The molecule has 0 bridgehead atoms. The average molecular weight is 372 g/mol. The molecule has 0 fully saturated rings. The number of halogens is 2. The quantitative estimate of drug-likeness (QED) is 0.817. The molecule has 0 aromatic heterocycles. The van der Waals surface area contributed by atoms with Gasteiger partial charge in [0.1, 0.15) is 11.5 Å². The maximum absolute atomic E-state index is 9.55. The predicted molar refractivity (Wildman–Crippen MR) is 79.0 cm³/mol. The summed E-state index contributed by atoms with van der Waals surface area (Å²) >= 11 is 6.86. The molecule has 0 heterocycles. The van der Waals surface area contributed by atoms with E-state index in [1.165, 1.54) is 0 Å². The van der Waals surface area contributed by atoms with Crippen molar-refractivity contribution in [2.24, 2.45) is 0 Å². The predicted octanol–water partition coefficient (Wildman–Crippen LogP) is 5.06. The zero-order valence-electron chi connectivity index (χ0n) is 9.73. The van der Waals surface area contributed by atoms with Crippen molar-refractivity contribution in [3.63, 3.8) is 0 Å². The Morgan fingerprint density at radius 1 is 1.06 bits per heavy atom. The molecule has 0 radical (unpaired) electrons. The van der Waals surface area contributed by atoms with Crippen LogP contribution in [0.25, 0.3) is 0 Å². The smallest absolute Gasteiger partial charge is 0.141 e. The summed E-state index contributed by atoms with van der Waals surface area (Å²) in [7, 11) is 0. The molecule has 2 aromatic rings. The second-order valence-electron chi connectivity index (χ2n) is 3.89. The third kappa shape index (κ3) is 3.13. The summed E-state index contributed by atoms with van der Waals surface area (Å²) in [5, 5.41) is 9.55. The average Bonchev–Trinajstić information content (AvgIpc) is 2.32. The molecule has 4 heteroatoms. The molecule has 94 valence electrons. The van der Waals surface area contributed by atoms with Gasteiger partial charge in [-0.1, -0.05) is 34.1 Å². The number of aliphatic hydroxyl groups excluding tert-OH is 1. The zero-order valence-corrected chi connectivity index (χ0v) is 12.9. The summed E-state index contributed by atoms with van der Waals surface area (Å²) in [6, 6.07) is 13.2. The Kier molecular flexibility index (Phi) is 4.43. The summed E-state index contributed by atoms with van der Waals surface area (Å²) in [4.78, 5) is 0. The van der Waals surface area contributed by atoms with Gasteiger partial charge in [0.25, 0.3) is 0 Å². The van der Waals surface area contributed by atoms with Crippen LogP contribution in [0.3, 0.4) is 0 Å². The van der Waals surface area contributed by atoms with E-state index in [0.29, 0.717) is 0 Å². The van der Waals surface area contributed by atoms with Gasteiger partial charge < -0.3 is 9.84 Å². The van der Waals surface area contributed by atoms with Crippen LogP contribution < -0.4 is 4.74 Å². The first-order chi connectivity index (χ1) is 8.58. The van der Waals surface area contributed by atoms with E-state index in [1.54, 1.807) is 6.92 Å². The van der Waals surface area contributed by atoms with Crippen molar-refractivity contribution in [2.75, 3.05) is 0 Å². The van der Waals surface area contributed by atoms with E-state index in [1.807, 2.05) is 42.5 Å². The van der Waals surface area contributed by atoms with Crippen LogP contribution in [-0.4, -0.2) is 5.11 Å². The first-order valence-electron chi connectivity index (χ1n) is 5.48. The fourth-order valence-electron chi connectivity index (χ4n) is 1.56. The maximum atomic E-state index is 9.55. The highest BCUT2D eigenvalue weighted by molar-refractivity contribution is 9.10. The molecule has 0 amide bonds. The summed E-state index contributed by atoms with van der Waals surface area (Å²) in [5.41, 5.74) is 0.842. The fraction of sp³-hybridized carbons (Fsp3) is 0.143. The Morgan fingerprint density at radius 3 is 2.39 bits per heavy atom. The molecule has 0 unspecified atom stereocenters. The van der Waals surface area contributed by atoms with E-state index in [4.69, 9.17) is 4.74 Å². The van der Waals surface area contributed by atoms with Gasteiger partial charge in [-0.2, -0.15) is 0 Å². The lowest BCUT2D eigenvalue weighted by Gasteiger charge is -2.11. The van der Waals surface area contributed by atoms with Crippen molar-refractivity contribution in [3.05, 3.63) is 57.0 Å². The maximum Gasteiger partial charge on any atom is 0.141 e. The van der Waals surface area contributed by atoms with Gasteiger partial charge in [-0.05, 0) is 52.7 Å². The number of hydrogen-bond donors (Lipinski definition) is 1. The standard InChI is InChI=1S/C14H12Br2O2/c1-9(17)11-7-6-10(8-13(11)16)18-14-5-3-2-4-12(14)15/h2-9,17H,1H3/t9-/m0/s1. The Labute approximate surface area is 123 Å². The van der Waals surface area contributed by atoms with Crippen molar-refractivity contribution in [1.82, 2.24) is 0 Å². The lowest BCUT2D eigenvalue weighted by molar-refractivity contribution is 0.198. The van der Waals surface area contributed by atoms with Gasteiger partial charge in [-0.3, -0.25) is 0 Å². The summed E-state index contributed by atoms with van der Waals surface area (Å²) in [6.07, 6.45) is -0.503. The first-order valence-corrected chi connectivity index (χ1v) is 7.06. The van der Waals surface area contributed by atoms with Crippen LogP contribution in [0.1, 0.15) is 18.6 Å². The van der Waals surface area contributed by atoms with Crippen LogP contribution in [0, 0.1) is 0 Å². The first kappa shape index (κ1) is 13.6. The minimum atomic E-state index is -0.503. The lowest BCUT2D eigenvalue weighted by Crippen LogP contribution is -1.93. The second-order valence-corrected chi connectivity index (χ2v) is 5.60. The highest BCUT2D eigenvalue weighted by atomic mass is 79.9. The normalized spacial score (nSPS) is 12.2. The third-order valence-corrected chi connectivity index (χ3v) is 3.83. The molecule has 2 rings (SSSR count). The third-order valence-electron chi connectivity index (χ3n) is 2.49. The van der Waals surface area contributed by atoms with Crippen LogP contribution in [0.5, 0.6) is 11.5 Å². The Morgan fingerprint density at radius 2 is 1.78 bits per heavy atom. The minimum Gasteiger partial charge on any atom is -0.456 e. The molecule has 0 saturated heterocycles. The molecule has 0 aliphatic heterocycles. The van der Waals surface area contributed by atoms with Crippen molar-refractivity contribution >= 4 is 31.9 Å². The SMILES string of the molecule is C[C@H](O)c1ccc(Oc2ccccc2Br)cc1Br. The molecule has 18 heavy (non-hydrogen) atoms. The van der Waals surface area contributed by atoms with Gasteiger partial charge in [-0.15, -0.1) is 0 Å². The number of hydrogen-bond acceptors (Lipinski definition) is 2. The van der Waals surface area contributed by atoms with E-state index in [2.05, 4.69) is 31.9 Å². The number of benzene rings is 2. The molecular weight excluding hydrogens is 360 g/mol. The lowest BCUT2D eigenvalue weighted by atomic mass is 10.1. The van der Waals surface area contributed by atoms with E-state index in [-0.39, 0.29) is 0 Å². The van der Waals surface area contributed by atoms with E-state index in [9.17, 15) is 5.11 Å². The molecule has 2 aromatic carbocycles. The topological polar surface area (TPSA) is 29.5 Å². The molecule has 1 atom stereocenters. The van der Waals surface area contributed by atoms with Gasteiger partial charge in [0, 0.05) is 4.47 Å². The largest absolute Gasteiger partial charge is 0.456 e. The summed E-state index contributed by atoms with van der Waals surface area (Å²) in [5.74, 6) is 1.48. The number of aliphatic hydroxyl groups is 1. The monoisotopic (exact) mass is 370 g/mol. The van der Waals surface area contributed by atoms with E-state index in [0.717, 1.165) is 26.0 Å². The van der Waals surface area contributed by atoms with Crippen molar-refractivity contribution in [1.29, 1.82) is 0 Å². The highest BCUT2D eigenvalue weighted by Crippen LogP contribution is 2.33. The Hall–Kier alpha value is -0.840. The minimum absolute atomic E-state index is 0.503. The van der Waals surface area contributed by atoms with Gasteiger partial charge >= 0.3 is 0 Å². The summed E-state index contributed by atoms with van der Waals surface area (Å²) < 4.78 is 7.50. The number of para-hydroxylation sites is 1. The Bertz CT molecular complexity index is 553. The highest BCUT2D eigenvalue weighted by Gasteiger charge is 2.08. The molecular formula is C14H12Br2O2. The number of rotatable bonds is 3. The van der Waals surface area contributed by atoms with Crippen LogP contribution in [-0.2, 0) is 0 Å². The summed E-state index contributed by atoms with van der Waals surface area (Å²) in [6.45, 7) is 1.73. The van der Waals surface area contributed by atoms with Crippen molar-refractivity contribution in [3.8, 4) is 11.5 Å². The molecule has 0 aliphatic carbocycles. The van der Waals surface area contributed by atoms with Crippen LogP contribution >= 0.6 is 31.9 Å². The van der Waals surface area contributed by atoms with Gasteiger partial charge in [0.05, 0.1) is 10.6 Å². The number of ether oxygens (including phenoxy) is 1. The van der Waals surface area contributed by atoms with Gasteiger partial charge in [0.15, 0.2) is 0 Å². The fourth-order valence-corrected chi connectivity index (χ4v) is 2.62. The van der Waals surface area contributed by atoms with Crippen LogP contribution in [0.15, 0.2) is 51.4 Å². The van der Waals surface area contributed by atoms with Crippen LogP contribution in [0.4, 0.5) is 0 Å². The molecule has 0 spiro atoms. The van der Waals surface area contributed by atoms with Crippen LogP contribution in [0.2, 0.25) is 0 Å². The molecule has 0 aliphatic rings. The molecule has 2 nitrogen and oxygen atoms in total. The van der Waals surface area contributed by atoms with E-state index < -0.39 is 6.10 Å². The van der Waals surface area contributed by atoms with E-state index >= 15 is 0 Å². The zero-order chi connectivity index (χ0) is 13.1. The van der Waals surface area contributed by atoms with Gasteiger partial charge in [-0.25, -0.2) is 0 Å². The molecule has 0 saturated carbocycles. The molecule has 1 N–H and O–H groups in total. The second kappa shape index (κ2) is 5.87.